The molecule has 0 fully saturated rings. The largest absolute Gasteiger partial charge is 0.316 e. The first-order valence-corrected chi connectivity index (χ1v) is 11.6. The molecule has 0 saturated heterocycles. The van der Waals surface area contributed by atoms with Gasteiger partial charge >= 0.3 is 0 Å². The van der Waals surface area contributed by atoms with Crippen LogP contribution in [0.4, 0.5) is 0 Å². The predicted molar refractivity (Wildman–Crippen MR) is 117 cm³/mol. The minimum absolute atomic E-state index is 0.146. The summed E-state index contributed by atoms with van der Waals surface area (Å²) in [6, 6.07) is 10.2. The van der Waals surface area contributed by atoms with E-state index in [-0.39, 0.29) is 10.8 Å². The number of amides is 1. The quantitative estimate of drug-likeness (QED) is 0.618. The number of hydrogen-bond donors (Lipinski definition) is 0. The van der Waals surface area contributed by atoms with Gasteiger partial charge in [0, 0.05) is 26.2 Å². The van der Waals surface area contributed by atoms with E-state index in [0.29, 0.717) is 10.4 Å². The van der Waals surface area contributed by atoms with Crippen LogP contribution >= 0.6 is 11.3 Å². The lowest BCUT2D eigenvalue weighted by atomic mass is 10.1. The maximum absolute atomic E-state index is 12.7. The van der Waals surface area contributed by atoms with Gasteiger partial charge in [0.15, 0.2) is 4.80 Å². The molecule has 3 rings (SSSR count). The lowest BCUT2D eigenvalue weighted by Gasteiger charge is -2.11. The van der Waals surface area contributed by atoms with Crippen LogP contribution in [0.5, 0.6) is 0 Å². The molecule has 2 aromatic carbocycles. The number of fused-ring (bicyclic) bond motifs is 1. The number of carbonyl (C=O) groups excluding carboxylic acids is 1. The summed E-state index contributed by atoms with van der Waals surface area (Å²) in [7, 11) is -0.582. The van der Waals surface area contributed by atoms with Crippen LogP contribution in [-0.4, -0.2) is 37.3 Å². The van der Waals surface area contributed by atoms with Gasteiger partial charge in [-0.05, 0) is 67.8 Å². The first-order chi connectivity index (χ1) is 13.6. The molecule has 0 saturated carbocycles. The minimum Gasteiger partial charge on any atom is -0.316 e. The summed E-state index contributed by atoms with van der Waals surface area (Å²) in [6.45, 7) is 7.01. The Balaban J connectivity index is 2.05. The summed E-state index contributed by atoms with van der Waals surface area (Å²) >= 11 is 1.49. The monoisotopic (exact) mass is 431 g/mol. The molecular weight excluding hydrogens is 406 g/mol. The van der Waals surface area contributed by atoms with Crippen LogP contribution < -0.4 is 4.80 Å². The van der Waals surface area contributed by atoms with Gasteiger partial charge in [0.2, 0.25) is 10.0 Å². The molecule has 6 nitrogen and oxygen atoms in total. The van der Waals surface area contributed by atoms with E-state index in [4.69, 9.17) is 0 Å². The van der Waals surface area contributed by atoms with Crippen LogP contribution in [0.3, 0.4) is 0 Å². The molecule has 0 aliphatic rings. The Labute approximate surface area is 175 Å². The Morgan fingerprint density at radius 1 is 1.10 bits per heavy atom. The first-order valence-electron chi connectivity index (χ1n) is 9.37. The molecule has 1 amide bonds. The number of benzene rings is 2. The van der Waals surface area contributed by atoms with E-state index in [2.05, 4.69) is 42.5 Å². The van der Waals surface area contributed by atoms with Crippen LogP contribution in [-0.2, 0) is 16.6 Å². The van der Waals surface area contributed by atoms with E-state index in [0.717, 1.165) is 27.5 Å². The van der Waals surface area contributed by atoms with Gasteiger partial charge in [-0.3, -0.25) is 4.79 Å². The highest BCUT2D eigenvalue weighted by atomic mass is 32.2. The molecule has 0 atom stereocenters. The highest BCUT2D eigenvalue weighted by Gasteiger charge is 2.17. The van der Waals surface area contributed by atoms with Crippen LogP contribution in [0.15, 0.2) is 46.3 Å². The Morgan fingerprint density at radius 2 is 1.72 bits per heavy atom. The average molecular weight is 432 g/mol. The topological polar surface area (TPSA) is 71.7 Å². The molecule has 0 N–H and O–H groups in total. The molecule has 0 unspecified atom stereocenters. The van der Waals surface area contributed by atoms with Crippen molar-refractivity contribution in [3.05, 3.63) is 57.9 Å². The lowest BCUT2D eigenvalue weighted by Crippen LogP contribution is -2.22. The highest BCUT2D eigenvalue weighted by Crippen LogP contribution is 2.22. The molecule has 0 aliphatic carbocycles. The number of aryl methyl sites for hydroxylation is 3. The van der Waals surface area contributed by atoms with Crippen molar-refractivity contribution in [2.75, 3.05) is 14.1 Å². The average Bonchev–Trinajstić information content (AvgIpc) is 2.98. The summed E-state index contributed by atoms with van der Waals surface area (Å²) in [5.41, 5.74) is 3.85. The van der Waals surface area contributed by atoms with E-state index in [1.165, 1.54) is 60.8 Å². The number of hydrogen-bond acceptors (Lipinski definition) is 4. The number of aromatic nitrogens is 1. The maximum atomic E-state index is 12.7. The minimum atomic E-state index is -3.53. The third-order valence-electron chi connectivity index (χ3n) is 4.82. The molecule has 1 heterocycles. The third kappa shape index (κ3) is 4.19. The number of nitrogens with zero attached hydrogens (tertiary/aromatic N) is 3. The van der Waals surface area contributed by atoms with E-state index in [1.807, 2.05) is 0 Å². The standard InChI is InChI=1S/C21H25N3O3S2/c1-6-11-24-18-12-14(2)15(3)13-19(18)28-21(24)22-20(25)16-7-9-17(10-8-16)29(26,27)23(4)5/h7-10,12-13H,6,11H2,1-5H3. The fraction of sp³-hybridized carbons (Fsp3) is 0.333. The number of carbonyl (C=O) groups is 1. The number of rotatable bonds is 5. The van der Waals surface area contributed by atoms with Gasteiger partial charge in [0.05, 0.1) is 15.1 Å². The van der Waals surface area contributed by atoms with E-state index >= 15 is 0 Å². The smallest absolute Gasteiger partial charge is 0.279 e. The molecular formula is C21H25N3O3S2. The van der Waals surface area contributed by atoms with E-state index < -0.39 is 10.0 Å². The van der Waals surface area contributed by atoms with Gasteiger partial charge < -0.3 is 4.57 Å². The fourth-order valence-corrected chi connectivity index (χ4v) is 5.01. The summed E-state index contributed by atoms with van der Waals surface area (Å²) in [5.74, 6) is -0.386. The van der Waals surface area contributed by atoms with Gasteiger partial charge in [-0.1, -0.05) is 18.3 Å². The summed E-state index contributed by atoms with van der Waals surface area (Å²) in [4.78, 5) is 17.9. The zero-order valence-corrected chi connectivity index (χ0v) is 18.9. The van der Waals surface area contributed by atoms with Crippen molar-refractivity contribution in [1.82, 2.24) is 8.87 Å². The van der Waals surface area contributed by atoms with Crippen molar-refractivity contribution >= 4 is 37.5 Å². The van der Waals surface area contributed by atoms with Gasteiger partial charge in [-0.25, -0.2) is 12.7 Å². The molecule has 1 aromatic heterocycles. The second-order valence-electron chi connectivity index (χ2n) is 7.17. The van der Waals surface area contributed by atoms with Crippen molar-refractivity contribution in [2.45, 2.75) is 38.6 Å². The van der Waals surface area contributed by atoms with E-state index in [9.17, 15) is 13.2 Å². The Hall–Kier alpha value is -2.29. The molecule has 154 valence electrons. The van der Waals surface area contributed by atoms with Crippen molar-refractivity contribution in [1.29, 1.82) is 0 Å². The van der Waals surface area contributed by atoms with Crippen LogP contribution in [0.1, 0.15) is 34.8 Å². The van der Waals surface area contributed by atoms with Crippen LogP contribution in [0, 0.1) is 13.8 Å². The fourth-order valence-electron chi connectivity index (χ4n) is 2.98. The third-order valence-corrected chi connectivity index (χ3v) is 7.69. The molecule has 8 heteroatoms. The van der Waals surface area contributed by atoms with E-state index in [1.54, 1.807) is 0 Å². The van der Waals surface area contributed by atoms with Crippen molar-refractivity contribution in [3.8, 4) is 0 Å². The van der Waals surface area contributed by atoms with Crippen molar-refractivity contribution < 1.29 is 13.2 Å². The number of sulfonamides is 1. The molecule has 29 heavy (non-hydrogen) atoms. The van der Waals surface area contributed by atoms with Crippen LogP contribution in [0.2, 0.25) is 0 Å². The van der Waals surface area contributed by atoms with Crippen LogP contribution in [0.25, 0.3) is 10.2 Å². The Morgan fingerprint density at radius 3 is 2.31 bits per heavy atom. The molecule has 0 radical (unpaired) electrons. The van der Waals surface area contributed by atoms with Gasteiger partial charge in [0.1, 0.15) is 0 Å². The summed E-state index contributed by atoms with van der Waals surface area (Å²) in [6.07, 6.45) is 0.928. The predicted octanol–water partition coefficient (Wildman–Crippen LogP) is 3.72. The summed E-state index contributed by atoms with van der Waals surface area (Å²) in [5, 5.41) is 0. The summed E-state index contributed by atoms with van der Waals surface area (Å²) < 4.78 is 28.7. The van der Waals surface area contributed by atoms with Gasteiger partial charge in [-0.15, -0.1) is 0 Å². The lowest BCUT2D eigenvalue weighted by molar-refractivity contribution is 0.0997. The molecule has 0 aliphatic heterocycles. The maximum Gasteiger partial charge on any atom is 0.279 e. The Kier molecular flexibility index (Phi) is 6.07. The highest BCUT2D eigenvalue weighted by molar-refractivity contribution is 7.89. The Bertz CT molecular complexity index is 1230. The second-order valence-corrected chi connectivity index (χ2v) is 10.3. The zero-order chi connectivity index (χ0) is 21.3. The molecule has 0 bridgehead atoms. The van der Waals surface area contributed by atoms with Crippen molar-refractivity contribution in [2.24, 2.45) is 4.99 Å². The second kappa shape index (κ2) is 8.22. The molecule has 3 aromatic rings. The van der Waals surface area contributed by atoms with Crippen molar-refractivity contribution in [3.63, 3.8) is 0 Å². The first kappa shape index (κ1) is 21.4. The van der Waals surface area contributed by atoms with Gasteiger partial charge in [-0.2, -0.15) is 4.99 Å². The molecule has 0 spiro atoms. The zero-order valence-electron chi connectivity index (χ0n) is 17.3. The van der Waals surface area contributed by atoms with Gasteiger partial charge in [0.25, 0.3) is 5.91 Å². The SMILES string of the molecule is CCCn1c(=NC(=O)c2ccc(S(=O)(=O)N(C)C)cc2)sc2cc(C)c(C)cc21. The number of thiazole rings is 1. The normalized spacial score (nSPS) is 12.8.